The molecule has 2 atom stereocenters. The van der Waals surface area contributed by atoms with Crippen LogP contribution in [0.4, 0.5) is 10.1 Å². The molecular formula is C22H33FN4O3. The monoisotopic (exact) mass is 420 g/mol. The van der Waals surface area contributed by atoms with E-state index >= 15 is 0 Å². The molecule has 0 aliphatic carbocycles. The zero-order chi connectivity index (χ0) is 20.8. The van der Waals surface area contributed by atoms with Gasteiger partial charge in [0.25, 0.3) is 0 Å². The lowest BCUT2D eigenvalue weighted by Crippen LogP contribution is -2.53. The molecule has 3 aliphatic heterocycles. The van der Waals surface area contributed by atoms with Gasteiger partial charge in [-0.3, -0.25) is 0 Å². The summed E-state index contributed by atoms with van der Waals surface area (Å²) in [7, 11) is 0. The number of nitrogens with one attached hydrogen (secondary N) is 1. The summed E-state index contributed by atoms with van der Waals surface area (Å²) in [6.45, 7) is 9.06. The highest BCUT2D eigenvalue weighted by Gasteiger charge is 2.32. The second-order valence-electron chi connectivity index (χ2n) is 7.96. The van der Waals surface area contributed by atoms with E-state index < -0.39 is 0 Å². The molecule has 0 spiro atoms. The molecule has 30 heavy (non-hydrogen) atoms. The first-order valence-corrected chi connectivity index (χ1v) is 11.1. The van der Waals surface area contributed by atoms with Crippen LogP contribution in [0.25, 0.3) is 0 Å². The Kier molecular flexibility index (Phi) is 7.41. The van der Waals surface area contributed by atoms with Crippen LogP contribution >= 0.6 is 0 Å². The van der Waals surface area contributed by atoms with Crippen LogP contribution in [-0.4, -0.2) is 82.2 Å². The average molecular weight is 421 g/mol. The number of aliphatic imine (C=N–C) groups is 1. The first kappa shape index (κ1) is 21.3. The predicted molar refractivity (Wildman–Crippen MR) is 115 cm³/mol. The molecule has 166 valence electrons. The Hall–Kier alpha value is -1.90. The van der Waals surface area contributed by atoms with Gasteiger partial charge in [0, 0.05) is 39.3 Å². The van der Waals surface area contributed by atoms with Gasteiger partial charge >= 0.3 is 0 Å². The van der Waals surface area contributed by atoms with Gasteiger partial charge in [-0.15, -0.1) is 0 Å². The van der Waals surface area contributed by atoms with E-state index in [1.54, 1.807) is 6.07 Å². The third-order valence-corrected chi connectivity index (χ3v) is 5.88. The van der Waals surface area contributed by atoms with Crippen molar-refractivity contribution in [2.24, 2.45) is 4.99 Å². The van der Waals surface area contributed by atoms with Crippen molar-refractivity contribution in [2.75, 3.05) is 64.1 Å². The van der Waals surface area contributed by atoms with Crippen LogP contribution in [0.2, 0.25) is 0 Å². The van der Waals surface area contributed by atoms with Gasteiger partial charge in [-0.25, -0.2) is 9.38 Å². The Balaban J connectivity index is 1.41. The molecule has 0 amide bonds. The summed E-state index contributed by atoms with van der Waals surface area (Å²) in [6, 6.07) is 5.43. The highest BCUT2D eigenvalue weighted by molar-refractivity contribution is 5.80. The van der Waals surface area contributed by atoms with Crippen LogP contribution in [0.5, 0.6) is 0 Å². The SMILES string of the molecule is CCNC(=NCc1ccc(N2CCOCC2)c(F)c1)N1CCOC(C2CCCO2)C1. The van der Waals surface area contributed by atoms with E-state index in [0.717, 1.165) is 63.7 Å². The minimum atomic E-state index is -0.195. The Bertz CT molecular complexity index is 720. The summed E-state index contributed by atoms with van der Waals surface area (Å²) in [6.07, 6.45) is 2.42. The van der Waals surface area contributed by atoms with Crippen molar-refractivity contribution in [3.8, 4) is 0 Å². The highest BCUT2D eigenvalue weighted by Crippen LogP contribution is 2.23. The quantitative estimate of drug-likeness (QED) is 0.581. The molecule has 3 heterocycles. The summed E-state index contributed by atoms with van der Waals surface area (Å²) in [5, 5.41) is 3.38. The van der Waals surface area contributed by atoms with Crippen molar-refractivity contribution in [2.45, 2.75) is 38.5 Å². The fourth-order valence-corrected chi connectivity index (χ4v) is 4.29. The molecule has 3 fully saturated rings. The number of rotatable bonds is 5. The fourth-order valence-electron chi connectivity index (χ4n) is 4.29. The number of benzene rings is 1. The Morgan fingerprint density at radius 1 is 1.13 bits per heavy atom. The number of hydrogen-bond donors (Lipinski definition) is 1. The minimum absolute atomic E-state index is 0.0790. The first-order chi connectivity index (χ1) is 14.7. The van der Waals surface area contributed by atoms with E-state index in [-0.39, 0.29) is 18.0 Å². The molecule has 1 aromatic rings. The second kappa shape index (κ2) is 10.4. The standard InChI is InChI=1S/C22H33FN4O3/c1-2-24-22(27-9-13-30-21(16-27)20-4-3-10-29-20)25-15-17-5-6-19(18(23)14-17)26-7-11-28-12-8-26/h5-6,14,20-21H,2-4,7-13,15-16H2,1H3,(H,24,25). The van der Waals surface area contributed by atoms with Gasteiger partial charge in [0.2, 0.25) is 0 Å². The lowest BCUT2D eigenvalue weighted by molar-refractivity contribution is -0.0817. The Labute approximate surface area is 178 Å². The predicted octanol–water partition coefficient (Wildman–Crippen LogP) is 2.01. The largest absolute Gasteiger partial charge is 0.378 e. The van der Waals surface area contributed by atoms with Crippen LogP contribution in [0.15, 0.2) is 23.2 Å². The highest BCUT2D eigenvalue weighted by atomic mass is 19.1. The molecule has 0 radical (unpaired) electrons. The lowest BCUT2D eigenvalue weighted by Gasteiger charge is -2.37. The summed E-state index contributed by atoms with van der Waals surface area (Å²) in [5.41, 5.74) is 1.51. The number of ether oxygens (including phenoxy) is 3. The van der Waals surface area contributed by atoms with Crippen LogP contribution in [0, 0.1) is 5.82 Å². The summed E-state index contributed by atoms with van der Waals surface area (Å²) < 4.78 is 31.8. The van der Waals surface area contributed by atoms with Crippen molar-refractivity contribution in [1.82, 2.24) is 10.2 Å². The first-order valence-electron chi connectivity index (χ1n) is 11.1. The van der Waals surface area contributed by atoms with E-state index in [1.165, 1.54) is 0 Å². The third-order valence-electron chi connectivity index (χ3n) is 5.88. The molecule has 2 unspecified atom stereocenters. The van der Waals surface area contributed by atoms with E-state index in [9.17, 15) is 4.39 Å². The van der Waals surface area contributed by atoms with Gasteiger partial charge < -0.3 is 29.3 Å². The van der Waals surface area contributed by atoms with Crippen molar-refractivity contribution >= 4 is 11.6 Å². The van der Waals surface area contributed by atoms with Crippen LogP contribution in [0.1, 0.15) is 25.3 Å². The normalized spacial score (nSPS) is 25.6. The number of halogens is 1. The molecule has 0 saturated carbocycles. The van der Waals surface area contributed by atoms with Gasteiger partial charge in [-0.05, 0) is 37.5 Å². The number of morpholine rings is 2. The molecule has 3 saturated heterocycles. The zero-order valence-corrected chi connectivity index (χ0v) is 17.8. The molecule has 1 aromatic carbocycles. The fraction of sp³-hybridized carbons (Fsp3) is 0.682. The number of nitrogens with zero attached hydrogens (tertiary/aromatic N) is 3. The molecule has 8 heteroatoms. The number of hydrogen-bond acceptors (Lipinski definition) is 5. The van der Waals surface area contributed by atoms with E-state index in [2.05, 4.69) is 17.1 Å². The maximum absolute atomic E-state index is 14.7. The van der Waals surface area contributed by atoms with Crippen LogP contribution in [-0.2, 0) is 20.8 Å². The lowest BCUT2D eigenvalue weighted by atomic mass is 10.1. The summed E-state index contributed by atoms with van der Waals surface area (Å²) >= 11 is 0. The third kappa shape index (κ3) is 5.22. The maximum Gasteiger partial charge on any atom is 0.194 e. The molecule has 0 bridgehead atoms. The summed E-state index contributed by atoms with van der Waals surface area (Å²) in [5.74, 6) is 0.654. The smallest absolute Gasteiger partial charge is 0.194 e. The molecule has 4 rings (SSSR count). The minimum Gasteiger partial charge on any atom is -0.378 e. The van der Waals surface area contributed by atoms with E-state index in [1.807, 2.05) is 17.0 Å². The molecular weight excluding hydrogens is 387 g/mol. The van der Waals surface area contributed by atoms with E-state index in [0.29, 0.717) is 32.1 Å². The topological polar surface area (TPSA) is 58.6 Å². The Morgan fingerprint density at radius 2 is 1.97 bits per heavy atom. The molecule has 3 aliphatic rings. The molecule has 1 N–H and O–H groups in total. The van der Waals surface area contributed by atoms with Crippen LogP contribution in [0.3, 0.4) is 0 Å². The number of anilines is 1. The maximum atomic E-state index is 14.7. The molecule has 7 nitrogen and oxygen atoms in total. The van der Waals surface area contributed by atoms with Crippen molar-refractivity contribution in [3.63, 3.8) is 0 Å². The Morgan fingerprint density at radius 3 is 2.70 bits per heavy atom. The van der Waals surface area contributed by atoms with Crippen molar-refractivity contribution in [3.05, 3.63) is 29.6 Å². The van der Waals surface area contributed by atoms with Gasteiger partial charge in [0.15, 0.2) is 5.96 Å². The van der Waals surface area contributed by atoms with Gasteiger partial charge in [-0.1, -0.05) is 6.07 Å². The van der Waals surface area contributed by atoms with Gasteiger partial charge in [0.05, 0.1) is 38.2 Å². The van der Waals surface area contributed by atoms with E-state index in [4.69, 9.17) is 19.2 Å². The summed E-state index contributed by atoms with van der Waals surface area (Å²) in [4.78, 5) is 9.06. The molecule has 0 aromatic heterocycles. The van der Waals surface area contributed by atoms with Crippen LogP contribution < -0.4 is 10.2 Å². The second-order valence-corrected chi connectivity index (χ2v) is 7.96. The van der Waals surface area contributed by atoms with Crippen molar-refractivity contribution < 1.29 is 18.6 Å². The van der Waals surface area contributed by atoms with Crippen molar-refractivity contribution in [1.29, 1.82) is 0 Å². The zero-order valence-electron chi connectivity index (χ0n) is 17.8. The van der Waals surface area contributed by atoms with Gasteiger partial charge in [-0.2, -0.15) is 0 Å². The average Bonchev–Trinajstić information content (AvgIpc) is 3.32. The number of guanidine groups is 1. The van der Waals surface area contributed by atoms with Gasteiger partial charge in [0.1, 0.15) is 11.9 Å².